The molecule has 0 unspecified atom stereocenters. The number of alkyl halides is 6. The molecule has 8 rings (SSSR count). The number of likely N-dealkylation sites (tertiary alicyclic amines) is 2. The molecule has 0 aromatic heterocycles. The number of rotatable bonds is 8. The van der Waals surface area contributed by atoms with Crippen LogP contribution in [0.25, 0.3) is 0 Å². The van der Waals surface area contributed by atoms with E-state index < -0.39 is 33.7 Å². The van der Waals surface area contributed by atoms with Gasteiger partial charge in [-0.2, -0.15) is 40.3 Å². The summed E-state index contributed by atoms with van der Waals surface area (Å²) in [6.07, 6.45) is -7.00. The molecular formula is C40H53ClF6N4O6. The molecule has 57 heavy (non-hydrogen) atoms. The summed E-state index contributed by atoms with van der Waals surface area (Å²) in [5.74, 6) is 0. The van der Waals surface area contributed by atoms with Crippen LogP contribution in [0.2, 0.25) is 0 Å². The van der Waals surface area contributed by atoms with Gasteiger partial charge in [0.1, 0.15) is 0 Å². The van der Waals surface area contributed by atoms with Crippen LogP contribution in [0.15, 0.2) is 48.5 Å². The van der Waals surface area contributed by atoms with Crippen molar-refractivity contribution in [3.05, 3.63) is 70.8 Å². The second-order valence-electron chi connectivity index (χ2n) is 17.8. The van der Waals surface area contributed by atoms with Crippen molar-refractivity contribution in [3.63, 3.8) is 0 Å². The molecule has 2 aliphatic carbocycles. The van der Waals surface area contributed by atoms with Crippen molar-refractivity contribution < 1.29 is 64.7 Å². The van der Waals surface area contributed by atoms with Gasteiger partial charge in [-0.25, -0.2) is 0 Å². The summed E-state index contributed by atoms with van der Waals surface area (Å²) < 4.78 is 126. The van der Waals surface area contributed by atoms with Gasteiger partial charge in [-0.05, 0) is 59.1 Å². The second-order valence-corrected chi connectivity index (χ2v) is 18.6. The van der Waals surface area contributed by atoms with Crippen LogP contribution in [0.4, 0.5) is 26.3 Å². The number of hydrogen-bond acceptors (Lipinski definition) is 10. The molecular weight excluding hydrogens is 782 g/mol. The fourth-order valence-electron chi connectivity index (χ4n) is 12.6. The largest absolute Gasteiger partial charge is 0.416 e. The van der Waals surface area contributed by atoms with Crippen molar-refractivity contribution >= 4 is 0 Å². The number of morpholine rings is 2. The summed E-state index contributed by atoms with van der Waals surface area (Å²) >= 11 is 0. The third kappa shape index (κ3) is 7.53. The number of nitrogens with zero attached hydrogens (tertiary/aromatic N) is 4. The van der Waals surface area contributed by atoms with Crippen molar-refractivity contribution in [3.8, 4) is 0 Å². The lowest BCUT2D eigenvalue weighted by Gasteiger charge is -2.69. The predicted octanol–water partition coefficient (Wildman–Crippen LogP) is 2.90. The highest BCUT2D eigenvalue weighted by Gasteiger charge is 2.86. The Bertz CT molecular complexity index is 1590. The van der Waals surface area contributed by atoms with Gasteiger partial charge in [-0.3, -0.25) is 19.6 Å². The highest BCUT2D eigenvalue weighted by atomic mass is 35.7. The van der Waals surface area contributed by atoms with Crippen LogP contribution < -0.4 is 14.0 Å². The fraction of sp³-hybridized carbons (Fsp3) is 0.700. The van der Waals surface area contributed by atoms with E-state index in [1.165, 1.54) is 24.3 Å². The SMILES string of the molecule is CC1(C)[C@H]2C[C@@H]3N(Cc4ccc(C(F)(F)F)cc4)[C@@H]4C[C@H](N2Cc2ccc(C(F)(F)F)cc2)[C@]1(CN1CCOCC1)[C@@]3(CN1CCOCC1)C4(C)C.[O-][Cl+3]([O-])([O-])O. The molecule has 6 aliphatic rings. The van der Waals surface area contributed by atoms with E-state index in [4.69, 9.17) is 28.1 Å². The van der Waals surface area contributed by atoms with E-state index in [-0.39, 0.29) is 45.8 Å². The lowest BCUT2D eigenvalue weighted by molar-refractivity contribution is -1.92. The Balaban J connectivity index is 0.000000935. The van der Waals surface area contributed by atoms with Crippen LogP contribution >= 0.6 is 0 Å². The molecule has 4 saturated heterocycles. The van der Waals surface area contributed by atoms with E-state index in [1.807, 2.05) is 0 Å². The van der Waals surface area contributed by atoms with Crippen LogP contribution in [0, 0.1) is 31.9 Å². The molecule has 318 valence electrons. The minimum atomic E-state index is -4.69. The molecule has 4 aliphatic heterocycles. The normalized spacial score (nSPS) is 33.0. The summed E-state index contributed by atoms with van der Waals surface area (Å²) in [6.45, 7) is 19.0. The molecule has 1 N–H and O–H groups in total. The Kier molecular flexibility index (Phi) is 11.4. The molecule has 0 spiro atoms. The molecule has 10 nitrogen and oxygen atoms in total. The van der Waals surface area contributed by atoms with Crippen LogP contribution in [0.5, 0.6) is 0 Å². The standard InChI is InChI=1S/C40H52F6N4O2.ClHO4/c1-35(2)31-21-34-38(26-48-15-19-52-20-16-48)36(3,4)32(50(34)24-28-7-11-30(12-8-28)40(44,45)46)22-33(37(35,38)25-47-13-17-51-18-14-47)49(31)23-27-5-9-29(10-6-27)39(41,42)43;2-1(3,4)5/h5-12,31-34H,13-26H2,1-4H3;(H,2,3,4,5)/t31-,32-,33+,34+,37-,38+;/m1./s1. The maximum atomic E-state index is 13.6. The van der Waals surface area contributed by atoms with Gasteiger partial charge < -0.3 is 9.47 Å². The molecule has 6 fully saturated rings. The molecule has 2 aromatic carbocycles. The Morgan fingerprint density at radius 2 is 0.895 bits per heavy atom. The van der Waals surface area contributed by atoms with Gasteiger partial charge in [0.2, 0.25) is 0 Å². The van der Waals surface area contributed by atoms with Gasteiger partial charge in [-0.15, -0.1) is 0 Å². The van der Waals surface area contributed by atoms with E-state index in [1.54, 1.807) is 24.3 Å². The van der Waals surface area contributed by atoms with Crippen LogP contribution in [-0.2, 0) is 34.9 Å². The van der Waals surface area contributed by atoms with Crippen LogP contribution in [-0.4, -0.2) is 114 Å². The van der Waals surface area contributed by atoms with Gasteiger partial charge >= 0.3 is 12.4 Å². The molecule has 4 bridgehead atoms. The van der Waals surface area contributed by atoms with E-state index in [2.05, 4.69) is 47.3 Å². The zero-order valence-corrected chi connectivity index (χ0v) is 33.5. The molecule has 17 heteroatoms. The summed E-state index contributed by atoms with van der Waals surface area (Å²) in [4.78, 5) is 10.6. The number of ether oxygens (including phenoxy) is 2. The zero-order valence-electron chi connectivity index (χ0n) is 32.8. The molecule has 0 radical (unpaired) electrons. The Morgan fingerprint density at radius 3 is 1.18 bits per heavy atom. The fourth-order valence-corrected chi connectivity index (χ4v) is 12.6. The first-order chi connectivity index (χ1) is 26.5. The van der Waals surface area contributed by atoms with Gasteiger partial charge in [0.05, 0.1) is 52.5 Å². The topological polar surface area (TPSA) is 121 Å². The first-order valence-electron chi connectivity index (χ1n) is 19.6. The van der Waals surface area contributed by atoms with Crippen molar-refractivity contribution in [2.75, 3.05) is 65.7 Å². The first-order valence-corrected chi connectivity index (χ1v) is 20.8. The maximum Gasteiger partial charge on any atom is 0.416 e. The monoisotopic (exact) mass is 834 g/mol. The summed E-state index contributed by atoms with van der Waals surface area (Å²) in [5.41, 5.74) is -0.217. The van der Waals surface area contributed by atoms with Crippen molar-refractivity contribution in [1.82, 2.24) is 19.6 Å². The minimum absolute atomic E-state index is 0.152. The van der Waals surface area contributed by atoms with Gasteiger partial charge in [-0.1, -0.05) is 52.0 Å². The van der Waals surface area contributed by atoms with E-state index in [9.17, 15) is 26.3 Å². The number of hydrogen-bond donors (Lipinski definition) is 1. The van der Waals surface area contributed by atoms with Gasteiger partial charge in [0.25, 0.3) is 0 Å². The van der Waals surface area contributed by atoms with E-state index in [0.717, 1.165) is 63.2 Å². The Labute approximate surface area is 332 Å². The quantitative estimate of drug-likeness (QED) is 0.398. The molecule has 6 atom stereocenters. The highest BCUT2D eigenvalue weighted by molar-refractivity contribution is 5.39. The van der Waals surface area contributed by atoms with E-state index >= 15 is 0 Å². The number of benzene rings is 2. The lowest BCUT2D eigenvalue weighted by Crippen LogP contribution is -2.75. The number of halogens is 7. The second kappa shape index (κ2) is 15.1. The first kappa shape index (κ1) is 43.0. The van der Waals surface area contributed by atoms with E-state index in [0.29, 0.717) is 39.5 Å². The molecule has 4 heterocycles. The Morgan fingerprint density at radius 1 is 0.596 bits per heavy atom. The average molecular weight is 835 g/mol. The summed E-state index contributed by atoms with van der Waals surface area (Å²) in [5, 5.41) is 0. The average Bonchev–Trinajstić information content (AvgIpc) is 3.30. The van der Waals surface area contributed by atoms with Gasteiger partial charge in [0.15, 0.2) is 0 Å². The zero-order chi connectivity index (χ0) is 41.4. The third-order valence-corrected chi connectivity index (χ3v) is 14.8. The van der Waals surface area contributed by atoms with Crippen LogP contribution in [0.1, 0.15) is 62.8 Å². The summed E-state index contributed by atoms with van der Waals surface area (Å²) in [7, 11) is -4.69. The summed E-state index contributed by atoms with van der Waals surface area (Å²) in [6, 6.07) is 12.1. The Hall–Kier alpha value is -2.09. The highest BCUT2D eigenvalue weighted by Crippen LogP contribution is 2.80. The lowest BCUT2D eigenvalue weighted by atomic mass is 9.35. The molecule has 0 amide bonds. The van der Waals surface area contributed by atoms with Crippen LogP contribution in [0.3, 0.4) is 0 Å². The molecule has 2 saturated carbocycles. The number of fused-ring (bicyclic) bond motifs is 2. The van der Waals surface area contributed by atoms with Crippen molar-refractivity contribution in [2.45, 2.75) is 90.1 Å². The van der Waals surface area contributed by atoms with Crippen molar-refractivity contribution in [1.29, 1.82) is 0 Å². The third-order valence-electron chi connectivity index (χ3n) is 14.8. The van der Waals surface area contributed by atoms with Gasteiger partial charge in [0, 0.05) is 87.4 Å². The maximum absolute atomic E-state index is 13.6. The predicted molar refractivity (Wildman–Crippen MR) is 188 cm³/mol. The molecule has 2 aromatic rings. The minimum Gasteiger partial charge on any atom is -0.379 e. The smallest absolute Gasteiger partial charge is 0.379 e. The van der Waals surface area contributed by atoms with Crippen molar-refractivity contribution in [2.24, 2.45) is 21.7 Å².